The first-order chi connectivity index (χ1) is 11.7. The lowest BCUT2D eigenvalue weighted by molar-refractivity contribution is -0.148. The summed E-state index contributed by atoms with van der Waals surface area (Å²) < 4.78 is 11.6. The monoisotopic (exact) mass is 338 g/mol. The Morgan fingerprint density at radius 1 is 1.12 bits per heavy atom. The molecule has 3 aliphatic heterocycles. The topological polar surface area (TPSA) is 42.0 Å². The van der Waals surface area contributed by atoms with Crippen LogP contribution in [0.1, 0.15) is 58.8 Å². The number of hydrogen-bond donors (Lipinski definition) is 0. The second kappa shape index (κ2) is 8.63. The number of carbonyl (C=O) groups excluding carboxylic acids is 1. The van der Waals surface area contributed by atoms with Gasteiger partial charge in [-0.25, -0.2) is 0 Å². The third-order valence-electron chi connectivity index (χ3n) is 6.00. The van der Waals surface area contributed by atoms with E-state index in [0.29, 0.717) is 18.7 Å². The van der Waals surface area contributed by atoms with Crippen LogP contribution in [0.4, 0.5) is 0 Å². The van der Waals surface area contributed by atoms with Gasteiger partial charge in [-0.3, -0.25) is 9.69 Å². The molecule has 3 aliphatic rings. The summed E-state index contributed by atoms with van der Waals surface area (Å²) in [7, 11) is 0. The SMILES string of the molecule is CCN1CCC[C@@H]1[C@@H]1CCCN1C(=O)[C@H](C)OC[C@H]1CCCCO1. The summed E-state index contributed by atoms with van der Waals surface area (Å²) in [6.07, 6.45) is 8.00. The molecule has 0 N–H and O–H groups in total. The molecule has 5 heteroatoms. The molecule has 24 heavy (non-hydrogen) atoms. The van der Waals surface area contributed by atoms with Gasteiger partial charge in [0.1, 0.15) is 6.10 Å². The number of carbonyl (C=O) groups is 1. The Bertz CT molecular complexity index is 411. The molecule has 3 saturated heterocycles. The fourth-order valence-corrected chi connectivity index (χ4v) is 4.64. The smallest absolute Gasteiger partial charge is 0.251 e. The van der Waals surface area contributed by atoms with E-state index in [1.165, 1.54) is 25.8 Å². The maximum atomic E-state index is 12.9. The highest BCUT2D eigenvalue weighted by atomic mass is 16.5. The highest BCUT2D eigenvalue weighted by molar-refractivity contribution is 5.81. The maximum absolute atomic E-state index is 12.9. The zero-order valence-electron chi connectivity index (χ0n) is 15.4. The zero-order chi connectivity index (χ0) is 16.9. The van der Waals surface area contributed by atoms with Crippen molar-refractivity contribution >= 4 is 5.91 Å². The molecule has 4 atom stereocenters. The third kappa shape index (κ3) is 4.12. The molecule has 0 spiro atoms. The van der Waals surface area contributed by atoms with Crippen molar-refractivity contribution in [2.75, 3.05) is 32.8 Å². The van der Waals surface area contributed by atoms with Crippen molar-refractivity contribution in [2.24, 2.45) is 0 Å². The summed E-state index contributed by atoms with van der Waals surface area (Å²) in [5.74, 6) is 0.177. The molecular weight excluding hydrogens is 304 g/mol. The van der Waals surface area contributed by atoms with Gasteiger partial charge < -0.3 is 14.4 Å². The van der Waals surface area contributed by atoms with Crippen molar-refractivity contribution in [3.05, 3.63) is 0 Å². The van der Waals surface area contributed by atoms with Crippen LogP contribution < -0.4 is 0 Å². The van der Waals surface area contributed by atoms with Crippen molar-refractivity contribution in [1.29, 1.82) is 0 Å². The second-order valence-corrected chi connectivity index (χ2v) is 7.54. The van der Waals surface area contributed by atoms with Crippen molar-refractivity contribution in [1.82, 2.24) is 9.80 Å². The number of ether oxygens (including phenoxy) is 2. The van der Waals surface area contributed by atoms with Crippen LogP contribution in [0.3, 0.4) is 0 Å². The van der Waals surface area contributed by atoms with Gasteiger partial charge in [-0.2, -0.15) is 0 Å². The Labute approximate surface area is 146 Å². The van der Waals surface area contributed by atoms with Crippen molar-refractivity contribution < 1.29 is 14.3 Å². The molecule has 0 aliphatic carbocycles. The van der Waals surface area contributed by atoms with E-state index in [-0.39, 0.29) is 18.1 Å². The van der Waals surface area contributed by atoms with E-state index in [4.69, 9.17) is 9.47 Å². The van der Waals surface area contributed by atoms with Crippen molar-refractivity contribution in [2.45, 2.75) is 83.1 Å². The van der Waals surface area contributed by atoms with Crippen LogP contribution in [-0.4, -0.2) is 72.8 Å². The van der Waals surface area contributed by atoms with E-state index in [2.05, 4.69) is 16.7 Å². The third-order valence-corrected chi connectivity index (χ3v) is 6.00. The summed E-state index contributed by atoms with van der Waals surface area (Å²) in [4.78, 5) is 17.6. The molecule has 0 aromatic heterocycles. The molecule has 0 bridgehead atoms. The van der Waals surface area contributed by atoms with Gasteiger partial charge in [-0.15, -0.1) is 0 Å². The fourth-order valence-electron chi connectivity index (χ4n) is 4.64. The summed E-state index contributed by atoms with van der Waals surface area (Å²) in [6.45, 7) is 8.70. The van der Waals surface area contributed by atoms with Gasteiger partial charge in [0.2, 0.25) is 0 Å². The predicted octanol–water partition coefficient (Wildman–Crippen LogP) is 2.44. The number of nitrogens with zero attached hydrogens (tertiary/aromatic N) is 2. The summed E-state index contributed by atoms with van der Waals surface area (Å²) >= 11 is 0. The molecule has 5 nitrogen and oxygen atoms in total. The van der Waals surface area contributed by atoms with E-state index in [1.807, 2.05) is 6.92 Å². The minimum atomic E-state index is -0.354. The zero-order valence-corrected chi connectivity index (χ0v) is 15.4. The van der Waals surface area contributed by atoms with Gasteiger partial charge in [0, 0.05) is 25.2 Å². The van der Waals surface area contributed by atoms with Crippen LogP contribution in [-0.2, 0) is 14.3 Å². The summed E-state index contributed by atoms with van der Waals surface area (Å²) in [6, 6.07) is 0.937. The van der Waals surface area contributed by atoms with Crippen LogP contribution >= 0.6 is 0 Å². The first-order valence-electron chi connectivity index (χ1n) is 9.98. The van der Waals surface area contributed by atoms with Crippen LogP contribution in [0, 0.1) is 0 Å². The van der Waals surface area contributed by atoms with Gasteiger partial charge >= 0.3 is 0 Å². The number of likely N-dealkylation sites (N-methyl/N-ethyl adjacent to an activating group) is 1. The first kappa shape index (κ1) is 18.2. The summed E-state index contributed by atoms with van der Waals surface area (Å²) in [5, 5.41) is 0. The molecule has 3 fully saturated rings. The molecule has 1 amide bonds. The highest BCUT2D eigenvalue weighted by Crippen LogP contribution is 2.30. The molecule has 3 heterocycles. The first-order valence-corrected chi connectivity index (χ1v) is 9.98. The quantitative estimate of drug-likeness (QED) is 0.746. The Morgan fingerprint density at radius 3 is 2.67 bits per heavy atom. The Hall–Kier alpha value is -0.650. The molecule has 3 rings (SSSR count). The van der Waals surface area contributed by atoms with Crippen molar-refractivity contribution in [3.8, 4) is 0 Å². The molecule has 0 aromatic carbocycles. The molecule has 0 unspecified atom stereocenters. The maximum Gasteiger partial charge on any atom is 0.251 e. The highest BCUT2D eigenvalue weighted by Gasteiger charge is 2.40. The molecular formula is C19H34N2O3. The molecule has 0 saturated carbocycles. The minimum Gasteiger partial charge on any atom is -0.376 e. The van der Waals surface area contributed by atoms with E-state index in [9.17, 15) is 4.79 Å². The average Bonchev–Trinajstić information content (AvgIpc) is 3.27. The van der Waals surface area contributed by atoms with Gasteiger partial charge in [-0.05, 0) is 65.0 Å². The van der Waals surface area contributed by atoms with Crippen LogP contribution in [0.25, 0.3) is 0 Å². The minimum absolute atomic E-state index is 0.175. The standard InChI is InChI=1S/C19H34N2O3/c1-3-20-11-6-9-17(20)18-10-7-12-21(18)19(22)15(2)24-14-16-8-4-5-13-23-16/h15-18H,3-14H2,1-2H3/t15-,16+,17+,18-/m0/s1. The molecule has 0 radical (unpaired) electrons. The predicted molar refractivity (Wildman–Crippen MR) is 94.0 cm³/mol. The molecule has 0 aromatic rings. The number of amides is 1. The number of rotatable bonds is 6. The molecule has 138 valence electrons. The number of hydrogen-bond acceptors (Lipinski definition) is 4. The Kier molecular flexibility index (Phi) is 6.53. The number of likely N-dealkylation sites (tertiary alicyclic amines) is 2. The van der Waals surface area contributed by atoms with Crippen LogP contribution in [0.2, 0.25) is 0 Å². The summed E-state index contributed by atoms with van der Waals surface area (Å²) in [5.41, 5.74) is 0. The Morgan fingerprint density at radius 2 is 1.92 bits per heavy atom. The van der Waals surface area contributed by atoms with Crippen LogP contribution in [0.5, 0.6) is 0 Å². The van der Waals surface area contributed by atoms with E-state index >= 15 is 0 Å². The fraction of sp³-hybridized carbons (Fsp3) is 0.947. The van der Waals surface area contributed by atoms with Crippen LogP contribution in [0.15, 0.2) is 0 Å². The Balaban J connectivity index is 1.52. The van der Waals surface area contributed by atoms with E-state index in [0.717, 1.165) is 45.4 Å². The lowest BCUT2D eigenvalue weighted by atomic mass is 10.0. The van der Waals surface area contributed by atoms with Crippen molar-refractivity contribution in [3.63, 3.8) is 0 Å². The van der Waals surface area contributed by atoms with Gasteiger partial charge in [0.15, 0.2) is 0 Å². The average molecular weight is 338 g/mol. The lowest BCUT2D eigenvalue weighted by Gasteiger charge is -2.35. The lowest BCUT2D eigenvalue weighted by Crippen LogP contribution is -2.51. The largest absolute Gasteiger partial charge is 0.376 e. The second-order valence-electron chi connectivity index (χ2n) is 7.54. The normalized spacial score (nSPS) is 33.1. The van der Waals surface area contributed by atoms with E-state index < -0.39 is 0 Å². The van der Waals surface area contributed by atoms with E-state index in [1.54, 1.807) is 0 Å². The van der Waals surface area contributed by atoms with Gasteiger partial charge in [-0.1, -0.05) is 6.92 Å². The van der Waals surface area contributed by atoms with Gasteiger partial charge in [0.25, 0.3) is 5.91 Å². The van der Waals surface area contributed by atoms with Gasteiger partial charge in [0.05, 0.1) is 12.7 Å².